The molecule has 0 aliphatic heterocycles. The molecule has 17 heavy (non-hydrogen) atoms. The van der Waals surface area contributed by atoms with Gasteiger partial charge in [-0.05, 0) is 37.0 Å². The highest BCUT2D eigenvalue weighted by Crippen LogP contribution is 2.29. The third-order valence-electron chi connectivity index (χ3n) is 3.75. The molecule has 0 amide bonds. The number of aliphatic hydroxyl groups is 1. The Morgan fingerprint density at radius 2 is 2.06 bits per heavy atom. The van der Waals surface area contributed by atoms with Crippen molar-refractivity contribution < 1.29 is 5.11 Å². The van der Waals surface area contributed by atoms with Crippen molar-refractivity contribution in [3.63, 3.8) is 0 Å². The Balaban J connectivity index is 1.99. The molecule has 1 aliphatic carbocycles. The topological polar surface area (TPSA) is 32.3 Å². The van der Waals surface area contributed by atoms with Gasteiger partial charge < -0.3 is 10.4 Å². The van der Waals surface area contributed by atoms with E-state index >= 15 is 0 Å². The maximum Gasteiger partial charge on any atom is 0.0613 e. The van der Waals surface area contributed by atoms with Gasteiger partial charge in [0.15, 0.2) is 0 Å². The molecule has 0 aromatic heterocycles. The first-order valence-electron chi connectivity index (χ1n) is 6.26. The molecule has 94 valence electrons. The minimum atomic E-state index is -0.0268. The van der Waals surface area contributed by atoms with Crippen LogP contribution in [0.5, 0.6) is 0 Å². The number of aryl methyl sites for hydroxylation is 1. The Morgan fingerprint density at radius 1 is 1.35 bits per heavy atom. The Morgan fingerprint density at radius 3 is 2.65 bits per heavy atom. The summed E-state index contributed by atoms with van der Waals surface area (Å²) in [5.41, 5.74) is 2.51. The summed E-state index contributed by atoms with van der Waals surface area (Å²) < 4.78 is 1.15. The molecule has 2 nitrogen and oxygen atoms in total. The minimum absolute atomic E-state index is 0.0268. The maximum atomic E-state index is 9.52. The molecule has 0 spiro atoms. The number of nitrogens with one attached hydrogen (secondary N) is 1. The molecule has 0 heterocycles. The number of hydrogen-bond donors (Lipinski definition) is 2. The largest absolute Gasteiger partial charge is 0.394 e. The van der Waals surface area contributed by atoms with Gasteiger partial charge in [0.05, 0.1) is 6.61 Å². The summed E-state index contributed by atoms with van der Waals surface area (Å²) in [6.07, 6.45) is 4.65. The van der Waals surface area contributed by atoms with E-state index in [9.17, 15) is 5.11 Å². The van der Waals surface area contributed by atoms with Crippen molar-refractivity contribution >= 4 is 15.9 Å². The summed E-state index contributed by atoms with van der Waals surface area (Å²) in [4.78, 5) is 0. The fourth-order valence-electron chi connectivity index (χ4n) is 2.55. The molecule has 0 unspecified atom stereocenters. The molecule has 0 radical (unpaired) electrons. The van der Waals surface area contributed by atoms with Gasteiger partial charge in [-0.1, -0.05) is 40.9 Å². The third-order valence-corrected chi connectivity index (χ3v) is 4.64. The highest BCUT2D eigenvalue weighted by atomic mass is 79.9. The zero-order chi connectivity index (χ0) is 12.3. The predicted octanol–water partition coefficient (Wildman–Crippen LogP) is 3.15. The van der Waals surface area contributed by atoms with E-state index in [4.69, 9.17) is 0 Å². The quantitative estimate of drug-likeness (QED) is 0.895. The summed E-state index contributed by atoms with van der Waals surface area (Å²) in [5.74, 6) is 0. The molecule has 1 aliphatic rings. The zero-order valence-electron chi connectivity index (χ0n) is 10.3. The lowest BCUT2D eigenvalue weighted by Crippen LogP contribution is -2.45. The second-order valence-electron chi connectivity index (χ2n) is 5.08. The molecular formula is C14H20BrNO. The van der Waals surface area contributed by atoms with Crippen LogP contribution in [0, 0.1) is 6.92 Å². The second kappa shape index (κ2) is 5.51. The number of benzene rings is 1. The van der Waals surface area contributed by atoms with Crippen LogP contribution in [0.2, 0.25) is 0 Å². The molecule has 0 saturated heterocycles. The SMILES string of the molecule is Cc1cc(CNC2(CO)CCCC2)ccc1Br. The zero-order valence-corrected chi connectivity index (χ0v) is 11.9. The van der Waals surface area contributed by atoms with Crippen LogP contribution >= 0.6 is 15.9 Å². The van der Waals surface area contributed by atoms with Gasteiger partial charge in [-0.15, -0.1) is 0 Å². The van der Waals surface area contributed by atoms with Crippen LogP contribution < -0.4 is 5.32 Å². The molecule has 2 N–H and O–H groups in total. The van der Waals surface area contributed by atoms with Gasteiger partial charge in [0, 0.05) is 16.6 Å². The van der Waals surface area contributed by atoms with Crippen LogP contribution in [-0.2, 0) is 6.54 Å². The highest BCUT2D eigenvalue weighted by Gasteiger charge is 2.32. The van der Waals surface area contributed by atoms with Crippen molar-refractivity contribution in [3.05, 3.63) is 33.8 Å². The van der Waals surface area contributed by atoms with Gasteiger partial charge in [0.2, 0.25) is 0 Å². The minimum Gasteiger partial charge on any atom is -0.394 e. The first kappa shape index (κ1) is 13.1. The van der Waals surface area contributed by atoms with Crippen LogP contribution in [0.1, 0.15) is 36.8 Å². The van der Waals surface area contributed by atoms with E-state index in [0.717, 1.165) is 23.9 Å². The highest BCUT2D eigenvalue weighted by molar-refractivity contribution is 9.10. The molecule has 3 heteroatoms. The Bertz CT molecular complexity index is 386. The summed E-state index contributed by atoms with van der Waals surface area (Å²) in [6.45, 7) is 3.20. The first-order chi connectivity index (χ1) is 8.15. The van der Waals surface area contributed by atoms with Crippen molar-refractivity contribution in [1.29, 1.82) is 0 Å². The number of halogens is 1. The monoisotopic (exact) mass is 297 g/mol. The maximum absolute atomic E-state index is 9.52. The van der Waals surface area contributed by atoms with Gasteiger partial charge in [0.1, 0.15) is 0 Å². The Labute approximate surface area is 112 Å². The normalized spacial score (nSPS) is 18.5. The number of aliphatic hydroxyl groups excluding tert-OH is 1. The number of rotatable bonds is 4. The fraction of sp³-hybridized carbons (Fsp3) is 0.571. The van der Waals surface area contributed by atoms with E-state index in [-0.39, 0.29) is 12.1 Å². The van der Waals surface area contributed by atoms with Gasteiger partial charge in [-0.25, -0.2) is 0 Å². The van der Waals surface area contributed by atoms with Crippen LogP contribution in [-0.4, -0.2) is 17.3 Å². The van der Waals surface area contributed by atoms with Crippen molar-refractivity contribution in [2.24, 2.45) is 0 Å². The van der Waals surface area contributed by atoms with Crippen molar-refractivity contribution in [2.75, 3.05) is 6.61 Å². The van der Waals surface area contributed by atoms with Crippen LogP contribution in [0.15, 0.2) is 22.7 Å². The van der Waals surface area contributed by atoms with E-state index in [1.807, 2.05) is 0 Å². The molecular weight excluding hydrogens is 278 g/mol. The third kappa shape index (κ3) is 3.09. The van der Waals surface area contributed by atoms with Gasteiger partial charge in [-0.3, -0.25) is 0 Å². The summed E-state index contributed by atoms with van der Waals surface area (Å²) in [7, 11) is 0. The second-order valence-corrected chi connectivity index (χ2v) is 5.94. The predicted molar refractivity (Wildman–Crippen MR) is 74.0 cm³/mol. The van der Waals surface area contributed by atoms with Gasteiger partial charge >= 0.3 is 0 Å². The van der Waals surface area contributed by atoms with Gasteiger partial charge in [-0.2, -0.15) is 0 Å². The lowest BCUT2D eigenvalue weighted by Gasteiger charge is -2.28. The molecule has 1 fully saturated rings. The summed E-state index contributed by atoms with van der Waals surface area (Å²) in [5, 5.41) is 13.1. The van der Waals surface area contributed by atoms with Crippen molar-refractivity contribution in [2.45, 2.75) is 44.7 Å². The van der Waals surface area contributed by atoms with E-state index in [1.54, 1.807) is 0 Å². The van der Waals surface area contributed by atoms with Crippen LogP contribution in [0.3, 0.4) is 0 Å². The standard InChI is InChI=1S/C14H20BrNO/c1-11-8-12(4-5-13(11)15)9-16-14(10-17)6-2-3-7-14/h4-5,8,16-17H,2-3,6-7,9-10H2,1H3. The summed E-state index contributed by atoms with van der Waals surface area (Å²) >= 11 is 3.51. The van der Waals surface area contributed by atoms with Crippen molar-refractivity contribution in [3.8, 4) is 0 Å². The smallest absolute Gasteiger partial charge is 0.0613 e. The molecule has 1 aromatic carbocycles. The van der Waals surface area contributed by atoms with E-state index < -0.39 is 0 Å². The summed E-state index contributed by atoms with van der Waals surface area (Å²) in [6, 6.07) is 6.41. The fourth-order valence-corrected chi connectivity index (χ4v) is 2.80. The van der Waals surface area contributed by atoms with E-state index in [2.05, 4.69) is 46.4 Å². The molecule has 0 atom stereocenters. The van der Waals surface area contributed by atoms with Gasteiger partial charge in [0.25, 0.3) is 0 Å². The molecule has 2 rings (SSSR count). The lowest BCUT2D eigenvalue weighted by atomic mass is 9.98. The van der Waals surface area contributed by atoms with E-state index in [0.29, 0.717) is 0 Å². The number of hydrogen-bond acceptors (Lipinski definition) is 2. The molecule has 0 bridgehead atoms. The average Bonchev–Trinajstić information content (AvgIpc) is 2.80. The van der Waals surface area contributed by atoms with Crippen LogP contribution in [0.25, 0.3) is 0 Å². The van der Waals surface area contributed by atoms with E-state index in [1.165, 1.54) is 24.0 Å². The molecule has 1 saturated carbocycles. The Hall–Kier alpha value is -0.380. The molecule has 1 aromatic rings. The average molecular weight is 298 g/mol. The van der Waals surface area contributed by atoms with Crippen molar-refractivity contribution in [1.82, 2.24) is 5.32 Å². The van der Waals surface area contributed by atoms with Crippen LogP contribution in [0.4, 0.5) is 0 Å². The Kier molecular flexibility index (Phi) is 4.23. The first-order valence-corrected chi connectivity index (χ1v) is 7.05. The lowest BCUT2D eigenvalue weighted by molar-refractivity contribution is 0.163.